The minimum absolute atomic E-state index is 0.0106. The van der Waals surface area contributed by atoms with Gasteiger partial charge in [0.15, 0.2) is 0 Å². The van der Waals surface area contributed by atoms with Crippen molar-refractivity contribution in [2.45, 2.75) is 20.4 Å². The highest BCUT2D eigenvalue weighted by molar-refractivity contribution is 14.1. The molecule has 1 N–H and O–H groups in total. The van der Waals surface area contributed by atoms with Crippen LogP contribution < -0.4 is 10.1 Å². The van der Waals surface area contributed by atoms with Crippen LogP contribution in [0.2, 0.25) is 0 Å². The van der Waals surface area contributed by atoms with Crippen molar-refractivity contribution in [3.63, 3.8) is 0 Å². The average Bonchev–Trinajstić information content (AvgIpc) is 2.49. The Morgan fingerprint density at radius 3 is 2.42 bits per heavy atom. The zero-order valence-electron chi connectivity index (χ0n) is 14.5. The minimum Gasteiger partial charge on any atom is -0.496 e. The molecule has 0 spiro atoms. The molecule has 0 heterocycles. The molecule has 0 radical (unpaired) electrons. The summed E-state index contributed by atoms with van der Waals surface area (Å²) in [6.45, 7) is 5.14. The monoisotopic (exact) mass is 438 g/mol. The number of methoxy groups -OCH3 is 1. The maximum atomic E-state index is 12.2. The molecule has 24 heavy (non-hydrogen) atoms. The van der Waals surface area contributed by atoms with Crippen molar-refractivity contribution in [1.29, 1.82) is 0 Å². The first kappa shape index (κ1) is 18.7. The Labute approximate surface area is 157 Å². The fraction of sp³-hybridized carbons (Fsp3) is 0.316. The highest BCUT2D eigenvalue weighted by atomic mass is 127. The summed E-state index contributed by atoms with van der Waals surface area (Å²) < 4.78 is 6.43. The molecule has 0 aliphatic rings. The number of aryl methyl sites for hydroxylation is 2. The Morgan fingerprint density at radius 2 is 1.83 bits per heavy atom. The van der Waals surface area contributed by atoms with Gasteiger partial charge in [-0.05, 0) is 72.3 Å². The maximum absolute atomic E-state index is 12.2. The molecule has 5 heteroatoms. The molecule has 0 saturated carbocycles. The van der Waals surface area contributed by atoms with Gasteiger partial charge in [-0.2, -0.15) is 0 Å². The number of rotatable bonds is 6. The van der Waals surface area contributed by atoms with E-state index < -0.39 is 0 Å². The molecule has 2 aromatic rings. The van der Waals surface area contributed by atoms with Crippen LogP contribution in [0.3, 0.4) is 0 Å². The predicted molar refractivity (Wildman–Crippen MR) is 107 cm³/mol. The van der Waals surface area contributed by atoms with Crippen molar-refractivity contribution >= 4 is 34.2 Å². The van der Waals surface area contributed by atoms with E-state index in [1.165, 1.54) is 5.56 Å². The molecular formula is C19H23IN2O2. The van der Waals surface area contributed by atoms with Crippen molar-refractivity contribution < 1.29 is 9.53 Å². The Hall–Kier alpha value is -1.60. The zero-order chi connectivity index (χ0) is 17.7. The normalized spacial score (nSPS) is 10.8. The smallest absolute Gasteiger partial charge is 0.238 e. The van der Waals surface area contributed by atoms with Gasteiger partial charge in [0.05, 0.1) is 19.3 Å². The van der Waals surface area contributed by atoms with Gasteiger partial charge < -0.3 is 10.1 Å². The van der Waals surface area contributed by atoms with E-state index in [-0.39, 0.29) is 5.91 Å². The lowest BCUT2D eigenvalue weighted by molar-refractivity contribution is -0.117. The number of benzene rings is 2. The van der Waals surface area contributed by atoms with Crippen LogP contribution in [-0.4, -0.2) is 31.5 Å². The molecule has 0 bridgehead atoms. The van der Waals surface area contributed by atoms with Crippen LogP contribution >= 0.6 is 22.6 Å². The minimum atomic E-state index is -0.0106. The van der Waals surface area contributed by atoms with Crippen LogP contribution in [0.1, 0.15) is 16.7 Å². The highest BCUT2D eigenvalue weighted by Crippen LogP contribution is 2.24. The molecule has 0 unspecified atom stereocenters. The largest absolute Gasteiger partial charge is 0.496 e. The lowest BCUT2D eigenvalue weighted by Gasteiger charge is -2.18. The van der Waals surface area contributed by atoms with Crippen molar-refractivity contribution in [3.05, 3.63) is 56.7 Å². The van der Waals surface area contributed by atoms with E-state index in [2.05, 4.69) is 40.0 Å². The Morgan fingerprint density at radius 1 is 1.21 bits per heavy atom. The average molecular weight is 438 g/mol. The number of anilines is 1. The first-order valence-corrected chi connectivity index (χ1v) is 8.85. The number of halogens is 1. The van der Waals surface area contributed by atoms with E-state index in [1.54, 1.807) is 7.11 Å². The second-order valence-electron chi connectivity index (χ2n) is 5.96. The summed E-state index contributed by atoms with van der Waals surface area (Å²) in [6, 6.07) is 12.0. The first-order chi connectivity index (χ1) is 11.4. The van der Waals surface area contributed by atoms with Gasteiger partial charge in [-0.15, -0.1) is 0 Å². The van der Waals surface area contributed by atoms with Gasteiger partial charge in [-0.3, -0.25) is 9.69 Å². The Balaban J connectivity index is 1.97. The number of carbonyl (C=O) groups is 1. The predicted octanol–water partition coefficient (Wildman–Crippen LogP) is 3.99. The van der Waals surface area contributed by atoms with Crippen molar-refractivity contribution in [2.75, 3.05) is 26.0 Å². The van der Waals surface area contributed by atoms with Crippen LogP contribution in [0.25, 0.3) is 0 Å². The third kappa shape index (κ3) is 4.95. The topological polar surface area (TPSA) is 41.6 Å². The summed E-state index contributed by atoms with van der Waals surface area (Å²) in [7, 11) is 3.64. The Kier molecular flexibility index (Phi) is 6.62. The molecule has 2 aromatic carbocycles. The van der Waals surface area contributed by atoms with Gasteiger partial charge >= 0.3 is 0 Å². The number of ether oxygens (including phenoxy) is 1. The van der Waals surface area contributed by atoms with Crippen LogP contribution in [-0.2, 0) is 11.3 Å². The Bertz CT molecular complexity index is 708. The van der Waals surface area contributed by atoms with E-state index in [4.69, 9.17) is 4.74 Å². The first-order valence-electron chi connectivity index (χ1n) is 7.77. The molecule has 0 saturated heterocycles. The van der Waals surface area contributed by atoms with E-state index >= 15 is 0 Å². The molecule has 0 atom stereocenters. The van der Waals surface area contributed by atoms with Gasteiger partial charge in [0, 0.05) is 10.1 Å². The van der Waals surface area contributed by atoms with Gasteiger partial charge in [0.1, 0.15) is 5.75 Å². The molecule has 0 fully saturated rings. The number of hydrogen-bond acceptors (Lipinski definition) is 3. The third-order valence-electron chi connectivity index (χ3n) is 3.74. The molecule has 1 amide bonds. The van der Waals surface area contributed by atoms with Crippen molar-refractivity contribution in [3.8, 4) is 5.75 Å². The number of amides is 1. The van der Waals surface area contributed by atoms with E-state index in [0.717, 1.165) is 26.1 Å². The standard InChI is InChI=1S/C19H23IN2O2/c1-13-9-15(10-14(2)19(13)24-4)11-22(3)12-18(23)21-17-8-6-5-7-16(17)20/h5-10H,11-12H2,1-4H3,(H,21,23). The lowest BCUT2D eigenvalue weighted by atomic mass is 10.1. The van der Waals surface area contributed by atoms with Gasteiger partial charge in [-0.1, -0.05) is 24.3 Å². The second kappa shape index (κ2) is 8.48. The highest BCUT2D eigenvalue weighted by Gasteiger charge is 2.11. The summed E-state index contributed by atoms with van der Waals surface area (Å²) in [4.78, 5) is 14.2. The zero-order valence-corrected chi connectivity index (χ0v) is 16.7. The molecule has 2 rings (SSSR count). The molecule has 128 valence electrons. The molecular weight excluding hydrogens is 415 g/mol. The number of carbonyl (C=O) groups excluding carboxylic acids is 1. The summed E-state index contributed by atoms with van der Waals surface area (Å²) in [5, 5.41) is 2.96. The van der Waals surface area contributed by atoms with Crippen LogP contribution in [0.4, 0.5) is 5.69 Å². The maximum Gasteiger partial charge on any atom is 0.238 e. The van der Waals surface area contributed by atoms with E-state index in [9.17, 15) is 4.79 Å². The number of para-hydroxylation sites is 1. The molecule has 0 aliphatic carbocycles. The van der Waals surface area contributed by atoms with Gasteiger partial charge in [-0.25, -0.2) is 0 Å². The number of nitrogens with zero attached hydrogens (tertiary/aromatic N) is 1. The fourth-order valence-electron chi connectivity index (χ4n) is 2.82. The number of hydrogen-bond donors (Lipinski definition) is 1. The van der Waals surface area contributed by atoms with Crippen LogP contribution in [0, 0.1) is 17.4 Å². The van der Waals surface area contributed by atoms with Crippen molar-refractivity contribution in [1.82, 2.24) is 4.90 Å². The number of likely N-dealkylation sites (N-methyl/N-ethyl adjacent to an activating group) is 1. The SMILES string of the molecule is COc1c(C)cc(CN(C)CC(=O)Nc2ccccc2I)cc1C. The van der Waals surface area contributed by atoms with Gasteiger partial charge in [0.25, 0.3) is 0 Å². The number of nitrogens with one attached hydrogen (secondary N) is 1. The van der Waals surface area contributed by atoms with Gasteiger partial charge in [0.2, 0.25) is 5.91 Å². The fourth-order valence-corrected chi connectivity index (χ4v) is 3.34. The second-order valence-corrected chi connectivity index (χ2v) is 7.13. The lowest BCUT2D eigenvalue weighted by Crippen LogP contribution is -2.30. The summed E-state index contributed by atoms with van der Waals surface area (Å²) >= 11 is 2.22. The molecule has 0 aliphatic heterocycles. The molecule has 4 nitrogen and oxygen atoms in total. The summed E-state index contributed by atoms with van der Waals surface area (Å²) in [5.74, 6) is 0.918. The quantitative estimate of drug-likeness (QED) is 0.694. The summed E-state index contributed by atoms with van der Waals surface area (Å²) in [5.41, 5.74) is 4.26. The van der Waals surface area contributed by atoms with E-state index in [0.29, 0.717) is 13.1 Å². The van der Waals surface area contributed by atoms with Crippen LogP contribution in [0.5, 0.6) is 5.75 Å². The van der Waals surface area contributed by atoms with Crippen molar-refractivity contribution in [2.24, 2.45) is 0 Å². The van der Waals surface area contributed by atoms with Crippen LogP contribution in [0.15, 0.2) is 36.4 Å². The summed E-state index contributed by atoms with van der Waals surface area (Å²) in [6.07, 6.45) is 0. The third-order valence-corrected chi connectivity index (χ3v) is 4.68. The molecule has 0 aromatic heterocycles. The van der Waals surface area contributed by atoms with E-state index in [1.807, 2.05) is 50.1 Å².